The molecule has 0 saturated carbocycles. The number of nitrogens with one attached hydrogen (secondary N) is 1. The number of benzene rings is 2. The molecule has 0 bridgehead atoms. The summed E-state index contributed by atoms with van der Waals surface area (Å²) in [6.07, 6.45) is 1.70. The molecule has 0 radical (unpaired) electrons. The Bertz CT molecular complexity index is 944. The van der Waals surface area contributed by atoms with Gasteiger partial charge in [-0.1, -0.05) is 26.0 Å². The third kappa shape index (κ3) is 6.19. The zero-order valence-electron chi connectivity index (χ0n) is 17.9. The topological polar surface area (TPSA) is 75.7 Å². The second-order valence-corrected chi connectivity index (χ2v) is 9.53. The summed E-state index contributed by atoms with van der Waals surface area (Å²) < 4.78 is 44.3. The first kappa shape index (κ1) is 23.7. The third-order valence-electron chi connectivity index (χ3n) is 4.71. The molecule has 0 aliphatic carbocycles. The van der Waals surface area contributed by atoms with Crippen molar-refractivity contribution in [2.45, 2.75) is 39.3 Å². The zero-order valence-corrected chi connectivity index (χ0v) is 18.7. The molecule has 0 aliphatic heterocycles. The first-order chi connectivity index (χ1) is 14.0. The van der Waals surface area contributed by atoms with Crippen LogP contribution >= 0.6 is 0 Å². The Morgan fingerprint density at radius 1 is 1.07 bits per heavy atom. The number of sulfonamides is 1. The maximum Gasteiger partial charge on any atom is 0.244 e. The summed E-state index contributed by atoms with van der Waals surface area (Å²) in [6, 6.07) is 11.1. The lowest BCUT2D eigenvalue weighted by Crippen LogP contribution is -2.48. The number of amides is 1. The lowest BCUT2D eigenvalue weighted by molar-refractivity contribution is -0.122. The SMILES string of the molecule is COc1ccc([C@@H](CC(C)C)NC(=O)[C@@H](C)N(c2ccc(F)cc2)S(C)(=O)=O)cc1. The predicted octanol–water partition coefficient (Wildman–Crippen LogP) is 3.89. The highest BCUT2D eigenvalue weighted by Crippen LogP contribution is 2.25. The van der Waals surface area contributed by atoms with E-state index in [2.05, 4.69) is 5.32 Å². The van der Waals surface area contributed by atoms with Crippen LogP contribution in [0.15, 0.2) is 48.5 Å². The van der Waals surface area contributed by atoms with Crippen LogP contribution in [-0.2, 0) is 14.8 Å². The minimum absolute atomic E-state index is 0.228. The molecule has 0 unspecified atom stereocenters. The average molecular weight is 437 g/mol. The van der Waals surface area contributed by atoms with E-state index >= 15 is 0 Å². The Hall–Kier alpha value is -2.61. The fraction of sp³-hybridized carbons (Fsp3) is 0.409. The van der Waals surface area contributed by atoms with Gasteiger partial charge in [0.2, 0.25) is 15.9 Å². The van der Waals surface area contributed by atoms with Crippen LogP contribution in [0.4, 0.5) is 10.1 Å². The number of rotatable bonds is 9. The third-order valence-corrected chi connectivity index (χ3v) is 5.95. The van der Waals surface area contributed by atoms with Crippen LogP contribution in [0.3, 0.4) is 0 Å². The average Bonchev–Trinajstić information content (AvgIpc) is 2.67. The highest BCUT2D eigenvalue weighted by atomic mass is 32.2. The molecule has 1 N–H and O–H groups in total. The van der Waals surface area contributed by atoms with Gasteiger partial charge in [-0.3, -0.25) is 9.10 Å². The summed E-state index contributed by atoms with van der Waals surface area (Å²) in [4.78, 5) is 13.0. The van der Waals surface area contributed by atoms with E-state index in [0.29, 0.717) is 18.1 Å². The van der Waals surface area contributed by atoms with Crippen molar-refractivity contribution in [3.05, 3.63) is 59.9 Å². The van der Waals surface area contributed by atoms with Crippen molar-refractivity contribution in [3.8, 4) is 5.75 Å². The number of nitrogens with zero attached hydrogens (tertiary/aromatic N) is 1. The largest absolute Gasteiger partial charge is 0.497 e. The van der Waals surface area contributed by atoms with Crippen LogP contribution in [-0.4, -0.2) is 33.7 Å². The summed E-state index contributed by atoms with van der Waals surface area (Å²) in [5, 5.41) is 2.98. The van der Waals surface area contributed by atoms with Gasteiger partial charge in [-0.05, 0) is 61.2 Å². The summed E-state index contributed by atoms with van der Waals surface area (Å²) >= 11 is 0. The molecule has 2 aromatic carbocycles. The smallest absolute Gasteiger partial charge is 0.244 e. The Morgan fingerprint density at radius 3 is 2.10 bits per heavy atom. The van der Waals surface area contributed by atoms with Crippen molar-refractivity contribution in [1.29, 1.82) is 0 Å². The molecule has 2 atom stereocenters. The number of hydrogen-bond acceptors (Lipinski definition) is 4. The van der Waals surface area contributed by atoms with E-state index < -0.39 is 27.8 Å². The van der Waals surface area contributed by atoms with Crippen LogP contribution in [0.2, 0.25) is 0 Å². The van der Waals surface area contributed by atoms with Crippen LogP contribution in [0.1, 0.15) is 38.8 Å². The van der Waals surface area contributed by atoms with E-state index in [9.17, 15) is 17.6 Å². The number of ether oxygens (including phenoxy) is 1. The number of halogens is 1. The molecule has 0 aromatic heterocycles. The Labute approximate surface area is 178 Å². The Morgan fingerprint density at radius 2 is 1.63 bits per heavy atom. The maximum atomic E-state index is 13.3. The van der Waals surface area contributed by atoms with Gasteiger partial charge < -0.3 is 10.1 Å². The fourth-order valence-corrected chi connectivity index (χ4v) is 4.45. The van der Waals surface area contributed by atoms with E-state index in [1.807, 2.05) is 38.1 Å². The van der Waals surface area contributed by atoms with Crippen molar-refractivity contribution in [2.75, 3.05) is 17.7 Å². The molecule has 2 aromatic rings. The number of carbonyl (C=O) groups excluding carboxylic acids is 1. The molecule has 0 aliphatic rings. The van der Waals surface area contributed by atoms with Gasteiger partial charge in [0.15, 0.2) is 0 Å². The number of hydrogen-bond donors (Lipinski definition) is 1. The minimum atomic E-state index is -3.77. The lowest BCUT2D eigenvalue weighted by Gasteiger charge is -2.30. The molecule has 0 saturated heterocycles. The molecule has 8 heteroatoms. The summed E-state index contributed by atoms with van der Waals surface area (Å²) in [5.41, 5.74) is 1.13. The van der Waals surface area contributed by atoms with E-state index in [1.54, 1.807) is 7.11 Å². The van der Waals surface area contributed by atoms with Crippen LogP contribution < -0.4 is 14.4 Å². The van der Waals surface area contributed by atoms with E-state index in [1.165, 1.54) is 19.1 Å². The first-order valence-corrected chi connectivity index (χ1v) is 11.6. The van der Waals surface area contributed by atoms with Crippen molar-refractivity contribution in [2.24, 2.45) is 5.92 Å². The number of methoxy groups -OCH3 is 1. The molecule has 1 amide bonds. The molecule has 6 nitrogen and oxygen atoms in total. The van der Waals surface area contributed by atoms with Gasteiger partial charge in [-0.2, -0.15) is 0 Å². The van der Waals surface area contributed by atoms with Gasteiger partial charge in [0.1, 0.15) is 17.6 Å². The van der Waals surface area contributed by atoms with Gasteiger partial charge in [0.05, 0.1) is 25.1 Å². The molecule has 0 spiro atoms. The van der Waals surface area contributed by atoms with E-state index in [4.69, 9.17) is 4.74 Å². The van der Waals surface area contributed by atoms with Crippen molar-refractivity contribution >= 4 is 21.6 Å². The summed E-state index contributed by atoms with van der Waals surface area (Å²) in [7, 11) is -2.19. The molecule has 2 rings (SSSR count). The normalized spacial score (nSPS) is 13.6. The summed E-state index contributed by atoms with van der Waals surface area (Å²) in [5.74, 6) is 0.0872. The maximum absolute atomic E-state index is 13.3. The van der Waals surface area contributed by atoms with Gasteiger partial charge in [0, 0.05) is 0 Å². The number of anilines is 1. The number of carbonyl (C=O) groups is 1. The highest BCUT2D eigenvalue weighted by molar-refractivity contribution is 7.92. The van der Waals surface area contributed by atoms with Crippen LogP contribution in [0, 0.1) is 11.7 Å². The zero-order chi connectivity index (χ0) is 22.5. The predicted molar refractivity (Wildman–Crippen MR) is 117 cm³/mol. The van der Waals surface area contributed by atoms with Crippen LogP contribution in [0.25, 0.3) is 0 Å². The summed E-state index contributed by atoms with van der Waals surface area (Å²) in [6.45, 7) is 5.61. The van der Waals surface area contributed by atoms with Gasteiger partial charge in [-0.25, -0.2) is 12.8 Å². The lowest BCUT2D eigenvalue weighted by atomic mass is 9.96. The first-order valence-electron chi connectivity index (χ1n) is 9.72. The van der Waals surface area contributed by atoms with Crippen molar-refractivity contribution in [1.82, 2.24) is 5.32 Å². The van der Waals surface area contributed by atoms with E-state index in [0.717, 1.165) is 28.3 Å². The Balaban J connectivity index is 2.30. The second kappa shape index (κ2) is 9.93. The van der Waals surface area contributed by atoms with Crippen molar-refractivity contribution < 1.29 is 22.3 Å². The van der Waals surface area contributed by atoms with Crippen molar-refractivity contribution in [3.63, 3.8) is 0 Å². The van der Waals surface area contributed by atoms with Gasteiger partial charge >= 0.3 is 0 Å². The fourth-order valence-electron chi connectivity index (χ4n) is 3.28. The quantitative estimate of drug-likeness (QED) is 0.647. The molecular formula is C22H29FN2O4S. The second-order valence-electron chi connectivity index (χ2n) is 7.68. The molecule has 30 heavy (non-hydrogen) atoms. The van der Waals surface area contributed by atoms with E-state index in [-0.39, 0.29) is 11.7 Å². The molecule has 0 fully saturated rings. The molecule has 164 valence electrons. The molecular weight excluding hydrogens is 407 g/mol. The monoisotopic (exact) mass is 436 g/mol. The molecule has 0 heterocycles. The highest BCUT2D eigenvalue weighted by Gasteiger charge is 2.30. The standard InChI is InChI=1S/C22H29FN2O4S/c1-15(2)14-21(17-6-12-20(29-4)13-7-17)24-22(26)16(3)25(30(5,27)28)19-10-8-18(23)9-11-19/h6-13,15-16,21H,14H2,1-5H3,(H,24,26)/t16-,21-/m1/s1. The van der Waals surface area contributed by atoms with Crippen LogP contribution in [0.5, 0.6) is 5.75 Å². The van der Waals surface area contributed by atoms with Gasteiger partial charge in [0.25, 0.3) is 0 Å². The Kier molecular flexibility index (Phi) is 7.83. The minimum Gasteiger partial charge on any atom is -0.497 e. The van der Waals surface area contributed by atoms with Gasteiger partial charge in [-0.15, -0.1) is 0 Å².